The van der Waals surface area contributed by atoms with Gasteiger partial charge in [-0.2, -0.15) is 0 Å². The maximum absolute atomic E-state index is 12.1. The van der Waals surface area contributed by atoms with Crippen LogP contribution in [0.1, 0.15) is 43.7 Å². The number of pyridine rings is 1. The smallest absolute Gasteiger partial charge is 0.399 e. The molecule has 1 aliphatic rings. The van der Waals surface area contributed by atoms with Crippen molar-refractivity contribution in [3.8, 4) is 0 Å². The molecule has 0 atom stereocenters. The summed E-state index contributed by atoms with van der Waals surface area (Å²) in [6, 6.07) is 13.2. The highest BCUT2D eigenvalue weighted by molar-refractivity contribution is 6.62. The van der Waals surface area contributed by atoms with Crippen LogP contribution in [0.3, 0.4) is 0 Å². The second-order valence-corrected chi connectivity index (χ2v) is 7.23. The molecule has 25 heavy (non-hydrogen) atoms. The van der Waals surface area contributed by atoms with E-state index in [0.717, 1.165) is 11.0 Å². The van der Waals surface area contributed by atoms with Gasteiger partial charge in [-0.05, 0) is 50.9 Å². The van der Waals surface area contributed by atoms with Gasteiger partial charge in [0.15, 0.2) is 0 Å². The van der Waals surface area contributed by atoms with Crippen LogP contribution in [-0.2, 0) is 15.9 Å². The fourth-order valence-corrected chi connectivity index (χ4v) is 2.60. The molecule has 2 aromatic rings. The number of carbonyl (C=O) groups is 1. The molecule has 1 amide bonds. The quantitative estimate of drug-likeness (QED) is 0.869. The molecule has 0 saturated carbocycles. The Balaban J connectivity index is 1.68. The fourth-order valence-electron chi connectivity index (χ4n) is 2.60. The Bertz CT molecular complexity index is 746. The minimum absolute atomic E-state index is 0.193. The molecule has 6 heteroatoms. The van der Waals surface area contributed by atoms with Crippen LogP contribution in [-0.4, -0.2) is 29.2 Å². The molecule has 1 aromatic carbocycles. The summed E-state index contributed by atoms with van der Waals surface area (Å²) in [6.45, 7) is 8.55. The first-order valence-corrected chi connectivity index (χ1v) is 8.42. The van der Waals surface area contributed by atoms with E-state index in [-0.39, 0.29) is 17.1 Å². The van der Waals surface area contributed by atoms with Crippen molar-refractivity contribution in [1.29, 1.82) is 0 Å². The number of aromatic nitrogens is 1. The Kier molecular flexibility index (Phi) is 4.67. The van der Waals surface area contributed by atoms with Gasteiger partial charge in [-0.1, -0.05) is 30.3 Å². The van der Waals surface area contributed by atoms with Gasteiger partial charge in [0.2, 0.25) is 0 Å². The molecule has 0 aliphatic carbocycles. The summed E-state index contributed by atoms with van der Waals surface area (Å²) >= 11 is 0. The van der Waals surface area contributed by atoms with Crippen LogP contribution >= 0.6 is 0 Å². The second kappa shape index (κ2) is 6.62. The zero-order chi connectivity index (χ0) is 18.1. The number of benzene rings is 1. The highest BCUT2D eigenvalue weighted by Gasteiger charge is 2.51. The molecule has 1 fully saturated rings. The number of nitrogens with zero attached hydrogens (tertiary/aromatic N) is 1. The molecule has 2 heterocycles. The Hall–Kier alpha value is -2.18. The van der Waals surface area contributed by atoms with Gasteiger partial charge in [0.1, 0.15) is 5.69 Å². The third kappa shape index (κ3) is 3.75. The van der Waals surface area contributed by atoms with Crippen LogP contribution in [0.2, 0.25) is 0 Å². The zero-order valence-corrected chi connectivity index (χ0v) is 15.1. The van der Waals surface area contributed by atoms with Crippen LogP contribution in [0, 0.1) is 0 Å². The lowest BCUT2D eigenvalue weighted by atomic mass is 9.78. The Morgan fingerprint density at radius 1 is 1.08 bits per heavy atom. The number of amides is 1. The zero-order valence-electron chi connectivity index (χ0n) is 15.1. The van der Waals surface area contributed by atoms with E-state index in [1.807, 2.05) is 52.0 Å². The summed E-state index contributed by atoms with van der Waals surface area (Å²) in [4.78, 5) is 16.2. The highest BCUT2D eigenvalue weighted by Crippen LogP contribution is 2.36. The van der Waals surface area contributed by atoms with Gasteiger partial charge in [-0.15, -0.1) is 0 Å². The molecule has 5 nitrogen and oxygen atoms in total. The lowest BCUT2D eigenvalue weighted by Crippen LogP contribution is -2.41. The number of hydrogen-bond donors (Lipinski definition) is 1. The van der Waals surface area contributed by atoms with Crippen molar-refractivity contribution < 1.29 is 14.1 Å². The maximum atomic E-state index is 12.1. The first-order valence-electron chi connectivity index (χ1n) is 8.42. The summed E-state index contributed by atoms with van der Waals surface area (Å²) in [7, 11) is -0.406. The van der Waals surface area contributed by atoms with Gasteiger partial charge in [0, 0.05) is 12.7 Å². The molecule has 0 bridgehead atoms. The molecule has 0 radical (unpaired) electrons. The van der Waals surface area contributed by atoms with Crippen LogP contribution in [0.15, 0.2) is 48.7 Å². The number of hydrogen-bond acceptors (Lipinski definition) is 4. The van der Waals surface area contributed by atoms with E-state index in [1.165, 1.54) is 0 Å². The van der Waals surface area contributed by atoms with Crippen molar-refractivity contribution in [2.24, 2.45) is 0 Å². The van der Waals surface area contributed by atoms with Crippen LogP contribution < -0.4 is 10.8 Å². The van der Waals surface area contributed by atoms with Gasteiger partial charge in [0.05, 0.1) is 11.2 Å². The summed E-state index contributed by atoms with van der Waals surface area (Å²) < 4.78 is 12.2. The van der Waals surface area contributed by atoms with Gasteiger partial charge in [0.25, 0.3) is 5.91 Å². The normalized spacial score (nSPS) is 18.2. The predicted octanol–water partition coefficient (Wildman–Crippen LogP) is 2.31. The topological polar surface area (TPSA) is 60.5 Å². The molecule has 1 aliphatic heterocycles. The van der Waals surface area contributed by atoms with E-state index in [2.05, 4.69) is 10.3 Å². The molecule has 3 rings (SSSR count). The molecule has 1 aromatic heterocycles. The first-order chi connectivity index (χ1) is 11.8. The van der Waals surface area contributed by atoms with Gasteiger partial charge in [-0.3, -0.25) is 9.78 Å². The van der Waals surface area contributed by atoms with E-state index >= 15 is 0 Å². The summed E-state index contributed by atoms with van der Waals surface area (Å²) in [5.41, 5.74) is 1.59. The minimum atomic E-state index is -0.406. The van der Waals surface area contributed by atoms with E-state index < -0.39 is 7.12 Å². The van der Waals surface area contributed by atoms with Crippen molar-refractivity contribution >= 4 is 18.5 Å². The minimum Gasteiger partial charge on any atom is -0.399 e. The van der Waals surface area contributed by atoms with Crippen molar-refractivity contribution in [2.75, 3.05) is 0 Å². The maximum Gasteiger partial charge on any atom is 0.494 e. The second-order valence-electron chi connectivity index (χ2n) is 7.23. The first kappa shape index (κ1) is 17.6. The van der Waals surface area contributed by atoms with Gasteiger partial charge < -0.3 is 14.6 Å². The van der Waals surface area contributed by atoms with Crippen molar-refractivity contribution in [3.05, 3.63) is 59.9 Å². The van der Waals surface area contributed by atoms with E-state index in [9.17, 15) is 4.79 Å². The molecule has 130 valence electrons. The standard InChI is InChI=1S/C19H23BN2O3/c1-18(2)19(3,4)25-20(24-18)15-9-7-8-14(12-15)13-22-17(23)16-10-5-6-11-21-16/h5-12H,13H2,1-4H3,(H,22,23). The SMILES string of the molecule is CC1(C)OB(c2cccc(CNC(=O)c3ccccn3)c2)OC1(C)C. The average molecular weight is 338 g/mol. The molecule has 1 N–H and O–H groups in total. The van der Waals surface area contributed by atoms with E-state index in [0.29, 0.717) is 12.2 Å². The van der Waals surface area contributed by atoms with Crippen molar-refractivity contribution in [1.82, 2.24) is 10.3 Å². The summed E-state index contributed by atoms with van der Waals surface area (Å²) in [6.07, 6.45) is 1.60. The Morgan fingerprint density at radius 2 is 1.80 bits per heavy atom. The highest BCUT2D eigenvalue weighted by atomic mass is 16.7. The van der Waals surface area contributed by atoms with E-state index in [1.54, 1.807) is 24.4 Å². The molecule has 0 unspecified atom stereocenters. The van der Waals surface area contributed by atoms with Gasteiger partial charge >= 0.3 is 7.12 Å². The van der Waals surface area contributed by atoms with Crippen LogP contribution in [0.4, 0.5) is 0 Å². The van der Waals surface area contributed by atoms with Crippen molar-refractivity contribution in [2.45, 2.75) is 45.4 Å². The monoisotopic (exact) mass is 338 g/mol. The summed E-state index contributed by atoms with van der Waals surface area (Å²) in [5.74, 6) is -0.193. The Morgan fingerprint density at radius 3 is 2.44 bits per heavy atom. The third-order valence-electron chi connectivity index (χ3n) is 4.83. The van der Waals surface area contributed by atoms with Gasteiger partial charge in [-0.25, -0.2) is 0 Å². The lowest BCUT2D eigenvalue weighted by molar-refractivity contribution is 0.00578. The predicted molar refractivity (Wildman–Crippen MR) is 97.6 cm³/mol. The van der Waals surface area contributed by atoms with Crippen LogP contribution in [0.25, 0.3) is 0 Å². The average Bonchev–Trinajstić information content (AvgIpc) is 2.81. The van der Waals surface area contributed by atoms with Crippen LogP contribution in [0.5, 0.6) is 0 Å². The fraction of sp³-hybridized carbons (Fsp3) is 0.368. The van der Waals surface area contributed by atoms with E-state index in [4.69, 9.17) is 9.31 Å². The lowest BCUT2D eigenvalue weighted by Gasteiger charge is -2.32. The number of rotatable bonds is 4. The molecule has 1 saturated heterocycles. The number of carbonyl (C=O) groups excluding carboxylic acids is 1. The molecular weight excluding hydrogens is 315 g/mol. The molecule has 0 spiro atoms. The third-order valence-corrected chi connectivity index (χ3v) is 4.83. The molecular formula is C19H23BN2O3. The van der Waals surface area contributed by atoms with Crippen molar-refractivity contribution in [3.63, 3.8) is 0 Å². The number of nitrogens with one attached hydrogen (secondary N) is 1. The Labute approximate surface area is 148 Å². The largest absolute Gasteiger partial charge is 0.494 e. The summed E-state index contributed by atoms with van der Waals surface area (Å²) in [5, 5.41) is 2.88.